The number of ether oxygens (including phenoxy) is 1. The topological polar surface area (TPSA) is 78.9 Å². The molecule has 1 aliphatic heterocycles. The molecule has 1 rings (SSSR count). The molecule has 2 amide bonds. The fourth-order valence-electron chi connectivity index (χ4n) is 2.13. The van der Waals surface area contributed by atoms with Gasteiger partial charge in [0.2, 0.25) is 11.8 Å². The van der Waals surface area contributed by atoms with Crippen LogP contribution in [0.5, 0.6) is 0 Å². The second-order valence-corrected chi connectivity index (χ2v) is 5.04. The van der Waals surface area contributed by atoms with Crippen LogP contribution in [0.25, 0.3) is 0 Å². The Morgan fingerprint density at radius 2 is 2.05 bits per heavy atom. The van der Waals surface area contributed by atoms with Crippen LogP contribution in [0.2, 0.25) is 0 Å². The SMILES string of the molecule is COCC(=O)N1CCC(NC(=O)CCC(C)O)CC1. The van der Waals surface area contributed by atoms with E-state index in [9.17, 15) is 9.59 Å². The van der Waals surface area contributed by atoms with E-state index >= 15 is 0 Å². The molecule has 1 aliphatic rings. The molecule has 0 aromatic rings. The lowest BCUT2D eigenvalue weighted by molar-refractivity contribution is -0.136. The van der Waals surface area contributed by atoms with Crippen molar-refractivity contribution < 1.29 is 19.4 Å². The summed E-state index contributed by atoms with van der Waals surface area (Å²) in [5.74, 6) is -0.0241. The first kappa shape index (κ1) is 15.9. The number of carbonyl (C=O) groups excluding carboxylic acids is 2. The van der Waals surface area contributed by atoms with E-state index in [0.29, 0.717) is 25.9 Å². The van der Waals surface area contributed by atoms with Crippen LogP contribution in [0.15, 0.2) is 0 Å². The van der Waals surface area contributed by atoms with Crippen LogP contribution < -0.4 is 5.32 Å². The first-order chi connectivity index (χ1) is 9.02. The number of aliphatic hydroxyl groups excluding tert-OH is 1. The Morgan fingerprint density at radius 3 is 2.58 bits per heavy atom. The van der Waals surface area contributed by atoms with Crippen molar-refractivity contribution in [1.82, 2.24) is 10.2 Å². The van der Waals surface area contributed by atoms with E-state index in [1.165, 1.54) is 7.11 Å². The molecule has 1 heterocycles. The molecule has 0 spiro atoms. The minimum Gasteiger partial charge on any atom is -0.393 e. The van der Waals surface area contributed by atoms with Gasteiger partial charge in [-0.2, -0.15) is 0 Å². The second-order valence-electron chi connectivity index (χ2n) is 5.04. The van der Waals surface area contributed by atoms with Crippen molar-refractivity contribution in [2.24, 2.45) is 0 Å². The molecule has 0 bridgehead atoms. The Kier molecular flexibility index (Phi) is 6.80. The highest BCUT2D eigenvalue weighted by Gasteiger charge is 2.23. The number of aliphatic hydroxyl groups is 1. The average Bonchev–Trinajstić information content (AvgIpc) is 2.37. The first-order valence-corrected chi connectivity index (χ1v) is 6.77. The molecule has 0 aromatic heterocycles. The Hall–Kier alpha value is -1.14. The molecule has 0 radical (unpaired) electrons. The summed E-state index contributed by atoms with van der Waals surface area (Å²) in [5.41, 5.74) is 0. The maximum atomic E-state index is 11.6. The third-order valence-electron chi connectivity index (χ3n) is 3.27. The van der Waals surface area contributed by atoms with Crippen LogP contribution in [0.3, 0.4) is 0 Å². The van der Waals surface area contributed by atoms with Gasteiger partial charge < -0.3 is 20.1 Å². The summed E-state index contributed by atoms with van der Waals surface area (Å²) in [6.07, 6.45) is 1.93. The molecule has 1 atom stereocenters. The highest BCUT2D eigenvalue weighted by Crippen LogP contribution is 2.11. The number of rotatable bonds is 6. The number of hydrogen-bond acceptors (Lipinski definition) is 4. The molecule has 0 saturated carbocycles. The average molecular weight is 272 g/mol. The lowest BCUT2D eigenvalue weighted by Crippen LogP contribution is -2.47. The molecule has 6 heteroatoms. The van der Waals surface area contributed by atoms with Crippen LogP contribution in [-0.2, 0) is 14.3 Å². The maximum absolute atomic E-state index is 11.6. The Balaban J connectivity index is 2.22. The Morgan fingerprint density at radius 1 is 1.42 bits per heavy atom. The van der Waals surface area contributed by atoms with Crippen LogP contribution >= 0.6 is 0 Å². The standard InChI is InChI=1S/C13H24N2O4/c1-10(16)3-4-12(17)14-11-5-7-15(8-6-11)13(18)9-19-2/h10-11,16H,3-9H2,1-2H3,(H,14,17). The molecule has 1 unspecified atom stereocenters. The van der Waals surface area contributed by atoms with Gasteiger partial charge in [-0.1, -0.05) is 0 Å². The molecule has 1 fully saturated rings. The van der Waals surface area contributed by atoms with Crippen molar-refractivity contribution in [3.63, 3.8) is 0 Å². The third-order valence-corrected chi connectivity index (χ3v) is 3.27. The summed E-state index contributed by atoms with van der Waals surface area (Å²) >= 11 is 0. The van der Waals surface area contributed by atoms with Gasteiger partial charge in [-0.15, -0.1) is 0 Å². The predicted octanol–water partition coefficient (Wildman–Crippen LogP) is -0.0990. The maximum Gasteiger partial charge on any atom is 0.248 e. The van der Waals surface area contributed by atoms with E-state index < -0.39 is 6.10 Å². The summed E-state index contributed by atoms with van der Waals surface area (Å²) in [7, 11) is 1.51. The molecule has 110 valence electrons. The van der Waals surface area contributed by atoms with E-state index in [1.807, 2.05) is 0 Å². The summed E-state index contributed by atoms with van der Waals surface area (Å²) < 4.78 is 4.82. The molecular formula is C13H24N2O4. The van der Waals surface area contributed by atoms with E-state index in [1.54, 1.807) is 11.8 Å². The zero-order valence-electron chi connectivity index (χ0n) is 11.7. The summed E-state index contributed by atoms with van der Waals surface area (Å²) in [5, 5.41) is 12.1. The van der Waals surface area contributed by atoms with Crippen molar-refractivity contribution in [2.45, 2.75) is 44.8 Å². The molecule has 19 heavy (non-hydrogen) atoms. The number of nitrogens with one attached hydrogen (secondary N) is 1. The van der Waals surface area contributed by atoms with Gasteiger partial charge in [-0.25, -0.2) is 0 Å². The number of piperidine rings is 1. The van der Waals surface area contributed by atoms with Crippen LogP contribution in [0.1, 0.15) is 32.6 Å². The lowest BCUT2D eigenvalue weighted by atomic mass is 10.0. The minimum absolute atomic E-state index is 0.00128. The van der Waals surface area contributed by atoms with Gasteiger partial charge in [0.15, 0.2) is 0 Å². The highest BCUT2D eigenvalue weighted by molar-refractivity contribution is 5.78. The first-order valence-electron chi connectivity index (χ1n) is 6.77. The van der Waals surface area contributed by atoms with Gasteiger partial charge in [0.1, 0.15) is 6.61 Å². The van der Waals surface area contributed by atoms with Gasteiger partial charge in [-0.3, -0.25) is 9.59 Å². The molecule has 6 nitrogen and oxygen atoms in total. The lowest BCUT2D eigenvalue weighted by Gasteiger charge is -2.32. The minimum atomic E-state index is -0.445. The smallest absolute Gasteiger partial charge is 0.248 e. The van der Waals surface area contributed by atoms with Crippen LogP contribution in [-0.4, -0.2) is 60.8 Å². The zero-order valence-corrected chi connectivity index (χ0v) is 11.7. The zero-order chi connectivity index (χ0) is 14.3. The molecule has 2 N–H and O–H groups in total. The van der Waals surface area contributed by atoms with E-state index in [4.69, 9.17) is 9.84 Å². The number of amides is 2. The fraction of sp³-hybridized carbons (Fsp3) is 0.846. The number of likely N-dealkylation sites (tertiary alicyclic amines) is 1. The number of nitrogens with zero attached hydrogens (tertiary/aromatic N) is 1. The summed E-state index contributed by atoms with van der Waals surface area (Å²) in [4.78, 5) is 25.0. The van der Waals surface area contributed by atoms with Gasteiger partial charge >= 0.3 is 0 Å². The highest BCUT2D eigenvalue weighted by atomic mass is 16.5. The van der Waals surface area contributed by atoms with E-state index in [-0.39, 0.29) is 24.5 Å². The van der Waals surface area contributed by atoms with Gasteiger partial charge in [0, 0.05) is 32.7 Å². The molecule has 0 aliphatic carbocycles. The van der Waals surface area contributed by atoms with Crippen molar-refractivity contribution in [3.8, 4) is 0 Å². The molecule has 1 saturated heterocycles. The number of carbonyl (C=O) groups is 2. The molecule has 0 aromatic carbocycles. The second kappa shape index (κ2) is 8.12. The normalized spacial score (nSPS) is 18.2. The van der Waals surface area contributed by atoms with Gasteiger partial charge in [0.25, 0.3) is 0 Å². The van der Waals surface area contributed by atoms with Gasteiger partial charge in [0.05, 0.1) is 6.10 Å². The van der Waals surface area contributed by atoms with Crippen molar-refractivity contribution >= 4 is 11.8 Å². The van der Waals surface area contributed by atoms with Crippen molar-refractivity contribution in [2.75, 3.05) is 26.8 Å². The summed E-state index contributed by atoms with van der Waals surface area (Å²) in [6, 6.07) is 0.132. The van der Waals surface area contributed by atoms with E-state index in [2.05, 4.69) is 5.32 Å². The monoisotopic (exact) mass is 272 g/mol. The number of methoxy groups -OCH3 is 1. The number of hydrogen-bond donors (Lipinski definition) is 2. The Bertz CT molecular complexity index is 299. The molecular weight excluding hydrogens is 248 g/mol. The Labute approximate surface area is 114 Å². The van der Waals surface area contributed by atoms with Crippen molar-refractivity contribution in [1.29, 1.82) is 0 Å². The predicted molar refractivity (Wildman–Crippen MR) is 70.5 cm³/mol. The largest absolute Gasteiger partial charge is 0.393 e. The third kappa shape index (κ3) is 6.02. The van der Waals surface area contributed by atoms with Crippen LogP contribution in [0, 0.1) is 0 Å². The van der Waals surface area contributed by atoms with Crippen molar-refractivity contribution in [3.05, 3.63) is 0 Å². The van der Waals surface area contributed by atoms with Crippen LogP contribution in [0.4, 0.5) is 0 Å². The quantitative estimate of drug-likeness (QED) is 0.708. The fourth-order valence-corrected chi connectivity index (χ4v) is 2.13. The summed E-state index contributed by atoms with van der Waals surface area (Å²) in [6.45, 7) is 3.10. The van der Waals surface area contributed by atoms with E-state index in [0.717, 1.165) is 12.8 Å². The van der Waals surface area contributed by atoms with Gasteiger partial charge in [-0.05, 0) is 26.2 Å².